The summed E-state index contributed by atoms with van der Waals surface area (Å²) in [6.07, 6.45) is 1.45. The van der Waals surface area contributed by atoms with Gasteiger partial charge in [0.25, 0.3) is 5.56 Å². The number of hydrogen-bond acceptors (Lipinski definition) is 6. The Balaban J connectivity index is 1.54. The smallest absolute Gasteiger partial charge is 0.328 e. The van der Waals surface area contributed by atoms with E-state index in [0.717, 1.165) is 29.7 Å². The van der Waals surface area contributed by atoms with Gasteiger partial charge in [0, 0.05) is 25.0 Å². The topological polar surface area (TPSA) is 73.7 Å². The zero-order valence-corrected chi connectivity index (χ0v) is 15.3. The van der Waals surface area contributed by atoms with Crippen LogP contribution >= 0.6 is 0 Å². The molecule has 3 rings (SSSR count). The van der Waals surface area contributed by atoms with Crippen LogP contribution in [0.3, 0.4) is 0 Å². The molecule has 7 heteroatoms. The lowest BCUT2D eigenvalue weighted by atomic mass is 10.2. The van der Waals surface area contributed by atoms with Crippen molar-refractivity contribution in [1.29, 1.82) is 0 Å². The number of esters is 1. The number of morpholine rings is 1. The fourth-order valence-electron chi connectivity index (χ4n) is 3.16. The van der Waals surface area contributed by atoms with Gasteiger partial charge in [-0.1, -0.05) is 32.0 Å². The number of hydrogen-bond donors (Lipinski definition) is 0. The molecule has 1 aliphatic rings. The molecule has 26 heavy (non-hydrogen) atoms. The molecule has 0 amide bonds. The average Bonchev–Trinajstić information content (AvgIpc) is 2.62. The van der Waals surface area contributed by atoms with Crippen LogP contribution in [0.25, 0.3) is 10.8 Å². The van der Waals surface area contributed by atoms with Crippen molar-refractivity contribution in [1.82, 2.24) is 14.7 Å². The van der Waals surface area contributed by atoms with E-state index in [1.165, 1.54) is 0 Å². The highest BCUT2D eigenvalue weighted by Crippen LogP contribution is 2.09. The molecule has 0 N–H and O–H groups in total. The van der Waals surface area contributed by atoms with Crippen molar-refractivity contribution < 1.29 is 14.3 Å². The van der Waals surface area contributed by atoms with Gasteiger partial charge in [-0.05, 0) is 12.0 Å². The molecular formula is C19H25N3O4. The molecule has 140 valence electrons. The maximum atomic E-state index is 12.4. The van der Waals surface area contributed by atoms with Crippen molar-refractivity contribution in [2.45, 2.75) is 26.5 Å². The summed E-state index contributed by atoms with van der Waals surface area (Å²) in [4.78, 5) is 26.8. The number of nitrogens with zero attached hydrogens (tertiary/aromatic N) is 3. The van der Waals surface area contributed by atoms with E-state index < -0.39 is 5.97 Å². The third kappa shape index (κ3) is 4.68. The second kappa shape index (κ2) is 8.42. The highest BCUT2D eigenvalue weighted by Gasteiger charge is 2.22. The quantitative estimate of drug-likeness (QED) is 0.724. The standard InChI is InChI=1S/C19H25N3O4/c1-14(2)10-21-7-8-25-16(11-21)13-26-18(23)12-22-19(24)17-6-4-3-5-15(17)9-20-22/h3-6,9,14,16H,7-8,10-13H2,1-2H3. The first-order chi connectivity index (χ1) is 12.5. The van der Waals surface area contributed by atoms with Gasteiger partial charge in [0.05, 0.1) is 18.2 Å². The Labute approximate surface area is 152 Å². The van der Waals surface area contributed by atoms with Gasteiger partial charge in [-0.2, -0.15) is 5.10 Å². The average molecular weight is 359 g/mol. The van der Waals surface area contributed by atoms with Gasteiger partial charge < -0.3 is 9.47 Å². The van der Waals surface area contributed by atoms with Crippen LogP contribution < -0.4 is 5.56 Å². The molecule has 1 aliphatic heterocycles. The molecule has 1 aromatic carbocycles. The van der Waals surface area contributed by atoms with Crippen LogP contribution in [0, 0.1) is 5.92 Å². The molecule has 0 spiro atoms. The van der Waals surface area contributed by atoms with Crippen molar-refractivity contribution in [3.05, 3.63) is 40.8 Å². The third-order valence-corrected chi connectivity index (χ3v) is 4.32. The summed E-state index contributed by atoms with van der Waals surface area (Å²) in [6, 6.07) is 7.17. The first-order valence-electron chi connectivity index (χ1n) is 8.97. The third-order valence-electron chi connectivity index (χ3n) is 4.32. The molecule has 1 atom stereocenters. The molecule has 1 saturated heterocycles. The predicted molar refractivity (Wildman–Crippen MR) is 98.0 cm³/mol. The zero-order valence-electron chi connectivity index (χ0n) is 15.3. The zero-order chi connectivity index (χ0) is 18.5. The van der Waals surface area contributed by atoms with Gasteiger partial charge in [0.2, 0.25) is 0 Å². The highest BCUT2D eigenvalue weighted by atomic mass is 16.6. The van der Waals surface area contributed by atoms with Crippen LogP contribution in [-0.4, -0.2) is 59.6 Å². The number of carbonyl (C=O) groups excluding carboxylic acids is 1. The summed E-state index contributed by atoms with van der Waals surface area (Å²) in [7, 11) is 0. The summed E-state index contributed by atoms with van der Waals surface area (Å²) in [5.41, 5.74) is -0.294. The number of ether oxygens (including phenoxy) is 2. The van der Waals surface area contributed by atoms with Crippen molar-refractivity contribution in [2.24, 2.45) is 5.92 Å². The molecule has 0 aliphatic carbocycles. The summed E-state index contributed by atoms with van der Waals surface area (Å²) in [5.74, 6) is 0.0987. The largest absolute Gasteiger partial charge is 0.461 e. The van der Waals surface area contributed by atoms with Gasteiger partial charge in [0.15, 0.2) is 0 Å². The highest BCUT2D eigenvalue weighted by molar-refractivity contribution is 5.80. The Morgan fingerprint density at radius 1 is 1.38 bits per heavy atom. The van der Waals surface area contributed by atoms with Gasteiger partial charge in [-0.15, -0.1) is 0 Å². The molecule has 1 fully saturated rings. The molecule has 2 heterocycles. The van der Waals surface area contributed by atoms with E-state index in [4.69, 9.17) is 9.47 Å². The van der Waals surface area contributed by atoms with Crippen molar-refractivity contribution >= 4 is 16.7 Å². The van der Waals surface area contributed by atoms with Crippen LogP contribution in [0.15, 0.2) is 35.3 Å². The Kier molecular flexibility index (Phi) is 6.00. The normalized spacial score (nSPS) is 18.3. The van der Waals surface area contributed by atoms with E-state index >= 15 is 0 Å². The molecule has 7 nitrogen and oxygen atoms in total. The van der Waals surface area contributed by atoms with Crippen molar-refractivity contribution in [2.75, 3.05) is 32.8 Å². The van der Waals surface area contributed by atoms with Crippen LogP contribution in [0.5, 0.6) is 0 Å². The lowest BCUT2D eigenvalue weighted by Crippen LogP contribution is -2.46. The van der Waals surface area contributed by atoms with Crippen LogP contribution in [0.1, 0.15) is 13.8 Å². The molecule has 0 saturated carbocycles. The first-order valence-corrected chi connectivity index (χ1v) is 8.97. The Morgan fingerprint density at radius 2 is 2.19 bits per heavy atom. The SMILES string of the molecule is CC(C)CN1CCOC(COC(=O)Cn2ncc3ccccc3c2=O)C1. The molecule has 1 unspecified atom stereocenters. The lowest BCUT2D eigenvalue weighted by molar-refractivity contribution is -0.151. The Bertz CT molecular complexity index is 818. The predicted octanol–water partition coefficient (Wildman–Crippen LogP) is 1.30. The molecule has 2 aromatic rings. The van der Waals surface area contributed by atoms with Crippen molar-refractivity contribution in [3.63, 3.8) is 0 Å². The maximum Gasteiger partial charge on any atom is 0.328 e. The van der Waals surface area contributed by atoms with E-state index in [9.17, 15) is 9.59 Å². The maximum absolute atomic E-state index is 12.4. The van der Waals surface area contributed by atoms with Crippen LogP contribution in [0.2, 0.25) is 0 Å². The summed E-state index contributed by atoms with van der Waals surface area (Å²) in [5, 5.41) is 5.34. The Hall–Kier alpha value is -2.25. The van der Waals surface area contributed by atoms with Gasteiger partial charge >= 0.3 is 5.97 Å². The molecule has 0 radical (unpaired) electrons. The van der Waals surface area contributed by atoms with E-state index in [1.807, 2.05) is 12.1 Å². The summed E-state index contributed by atoms with van der Waals surface area (Å²) in [6.45, 7) is 7.64. The number of benzene rings is 1. The first kappa shape index (κ1) is 18.5. The summed E-state index contributed by atoms with van der Waals surface area (Å²) < 4.78 is 12.1. The number of aromatic nitrogens is 2. The van der Waals surface area contributed by atoms with Gasteiger partial charge in [-0.3, -0.25) is 14.5 Å². The molecule has 1 aromatic heterocycles. The summed E-state index contributed by atoms with van der Waals surface area (Å²) >= 11 is 0. The minimum Gasteiger partial charge on any atom is -0.461 e. The van der Waals surface area contributed by atoms with E-state index in [1.54, 1.807) is 18.3 Å². The Morgan fingerprint density at radius 3 is 3.00 bits per heavy atom. The monoisotopic (exact) mass is 359 g/mol. The number of rotatable bonds is 6. The van der Waals surface area contributed by atoms with Crippen LogP contribution in [0.4, 0.5) is 0 Å². The number of fused-ring (bicyclic) bond motifs is 1. The van der Waals surface area contributed by atoms with Crippen molar-refractivity contribution in [3.8, 4) is 0 Å². The molecular weight excluding hydrogens is 334 g/mol. The minimum absolute atomic E-state index is 0.132. The second-order valence-electron chi connectivity index (χ2n) is 7.02. The second-order valence-corrected chi connectivity index (χ2v) is 7.02. The fourth-order valence-corrected chi connectivity index (χ4v) is 3.16. The van der Waals surface area contributed by atoms with Gasteiger partial charge in [-0.25, -0.2) is 4.68 Å². The van der Waals surface area contributed by atoms with E-state index in [0.29, 0.717) is 17.9 Å². The minimum atomic E-state index is -0.487. The van der Waals surface area contributed by atoms with Gasteiger partial charge in [0.1, 0.15) is 19.3 Å². The molecule has 0 bridgehead atoms. The number of carbonyl (C=O) groups is 1. The van der Waals surface area contributed by atoms with Crippen LogP contribution in [-0.2, 0) is 20.8 Å². The fraction of sp³-hybridized carbons (Fsp3) is 0.526. The van der Waals surface area contributed by atoms with E-state index in [-0.39, 0.29) is 24.8 Å². The van der Waals surface area contributed by atoms with E-state index in [2.05, 4.69) is 23.8 Å². The lowest BCUT2D eigenvalue weighted by Gasteiger charge is -2.33.